The average molecular weight is 516 g/mol. The second kappa shape index (κ2) is 13.7. The van der Waals surface area contributed by atoms with Crippen molar-refractivity contribution in [3.8, 4) is 22.6 Å². The molecule has 2 heterocycles. The molecule has 6 heteroatoms. The number of rotatable bonds is 8. The molecule has 2 aliphatic heterocycles. The van der Waals surface area contributed by atoms with Gasteiger partial charge in [-0.3, -0.25) is 0 Å². The lowest BCUT2D eigenvalue weighted by Crippen LogP contribution is -2.24. The highest BCUT2D eigenvalue weighted by atomic mass is 16.5. The molecule has 3 aromatic rings. The molecule has 0 aromatic heterocycles. The van der Waals surface area contributed by atoms with Crippen LogP contribution in [0.3, 0.4) is 0 Å². The van der Waals surface area contributed by atoms with Gasteiger partial charge in [0.15, 0.2) is 0 Å². The number of fused-ring (bicyclic) bond motifs is 1. The van der Waals surface area contributed by atoms with Crippen molar-refractivity contribution in [3.05, 3.63) is 83.4 Å². The number of hydrogen-bond acceptors (Lipinski definition) is 5. The zero-order valence-electron chi connectivity index (χ0n) is 22.3. The van der Waals surface area contributed by atoms with Crippen molar-refractivity contribution in [2.24, 2.45) is 0 Å². The van der Waals surface area contributed by atoms with E-state index in [1.165, 1.54) is 12.8 Å². The zero-order chi connectivity index (χ0) is 26.7. The highest BCUT2D eigenvalue weighted by Crippen LogP contribution is 2.37. The zero-order valence-corrected chi connectivity index (χ0v) is 22.3. The van der Waals surface area contributed by atoms with Gasteiger partial charge in [0, 0.05) is 48.7 Å². The van der Waals surface area contributed by atoms with Gasteiger partial charge in [-0.15, -0.1) is 0 Å². The lowest BCUT2D eigenvalue weighted by Gasteiger charge is -2.26. The minimum atomic E-state index is -0.877. The Morgan fingerprint density at radius 2 is 1.61 bits per heavy atom. The molecular weight excluding hydrogens is 478 g/mol. The molecule has 0 unspecified atom stereocenters. The maximum absolute atomic E-state index is 11.9. The highest BCUT2D eigenvalue weighted by molar-refractivity contribution is 5.94. The molecule has 1 fully saturated rings. The van der Waals surface area contributed by atoms with Crippen molar-refractivity contribution in [1.82, 2.24) is 0 Å². The summed E-state index contributed by atoms with van der Waals surface area (Å²) < 4.78 is 16.6. The molecule has 1 N–H and O–H groups in total. The predicted molar refractivity (Wildman–Crippen MR) is 152 cm³/mol. The fourth-order valence-electron chi connectivity index (χ4n) is 4.73. The molecule has 2 aliphatic rings. The number of carboxylic acid groups (broad SMARTS) is 1. The Balaban J connectivity index is 0.000000603. The first kappa shape index (κ1) is 27.3. The monoisotopic (exact) mass is 515 g/mol. The lowest BCUT2D eigenvalue weighted by molar-refractivity contribution is -0.132. The Hall–Kier alpha value is -3.77. The van der Waals surface area contributed by atoms with Gasteiger partial charge < -0.3 is 24.2 Å². The second-order valence-electron chi connectivity index (χ2n) is 9.21. The Morgan fingerprint density at radius 1 is 0.921 bits per heavy atom. The predicted octanol–water partition coefficient (Wildman–Crippen LogP) is 6.83. The van der Waals surface area contributed by atoms with Crippen LogP contribution in [0.25, 0.3) is 17.2 Å². The number of benzene rings is 3. The topological polar surface area (TPSA) is 68.2 Å². The molecule has 38 heavy (non-hydrogen) atoms. The lowest BCUT2D eigenvalue weighted by atomic mass is 9.99. The summed E-state index contributed by atoms with van der Waals surface area (Å²) >= 11 is 0. The molecular formula is C32H37NO5. The summed E-state index contributed by atoms with van der Waals surface area (Å²) in [5, 5.41) is 9.75. The van der Waals surface area contributed by atoms with E-state index in [2.05, 4.69) is 29.2 Å². The number of carboxylic acids is 1. The molecule has 1 saturated heterocycles. The highest BCUT2D eigenvalue weighted by Gasteiger charge is 2.21. The molecule has 3 aromatic carbocycles. The van der Waals surface area contributed by atoms with E-state index in [0.717, 1.165) is 52.7 Å². The number of aliphatic carboxylic acids is 1. The summed E-state index contributed by atoms with van der Waals surface area (Å²) in [5.41, 5.74) is 5.37. The Kier molecular flexibility index (Phi) is 9.82. The van der Waals surface area contributed by atoms with Crippen LogP contribution in [0.2, 0.25) is 0 Å². The van der Waals surface area contributed by atoms with Crippen molar-refractivity contribution >= 4 is 17.7 Å². The maximum Gasteiger partial charge on any atom is 0.331 e. The standard InChI is InChI=1S/C28H29NO4.C4H8O/c1-3-32-26-11-7-5-9-22(26)19-29-16-15-21(28(30)31)18-23-17-20(13-14-25(23)29)24-10-6-8-12-27(24)33-4-2;1-2-4-5-3-1/h5-14,17-18H,3-4,15-16,19H2,1-2H3,(H,30,31);1-4H2. The first-order valence-corrected chi connectivity index (χ1v) is 13.4. The van der Waals surface area contributed by atoms with Crippen LogP contribution in [-0.2, 0) is 16.1 Å². The van der Waals surface area contributed by atoms with Crippen molar-refractivity contribution in [3.63, 3.8) is 0 Å². The molecule has 0 bridgehead atoms. The van der Waals surface area contributed by atoms with Gasteiger partial charge in [-0.05, 0) is 74.6 Å². The van der Waals surface area contributed by atoms with E-state index in [-0.39, 0.29) is 0 Å². The molecule has 0 aliphatic carbocycles. The minimum Gasteiger partial charge on any atom is -0.494 e. The quantitative estimate of drug-likeness (QED) is 0.355. The largest absolute Gasteiger partial charge is 0.494 e. The first-order chi connectivity index (χ1) is 18.6. The first-order valence-electron chi connectivity index (χ1n) is 13.4. The Bertz CT molecular complexity index is 1240. The van der Waals surface area contributed by atoms with Crippen LogP contribution >= 0.6 is 0 Å². The van der Waals surface area contributed by atoms with Crippen molar-refractivity contribution in [2.75, 3.05) is 37.9 Å². The smallest absolute Gasteiger partial charge is 0.331 e. The Morgan fingerprint density at radius 3 is 2.29 bits per heavy atom. The molecule has 0 amide bonds. The summed E-state index contributed by atoms with van der Waals surface area (Å²) in [6, 6.07) is 22.2. The van der Waals surface area contributed by atoms with E-state index in [1.54, 1.807) is 6.08 Å². The second-order valence-corrected chi connectivity index (χ2v) is 9.21. The molecule has 0 atom stereocenters. The van der Waals surface area contributed by atoms with Crippen molar-refractivity contribution < 1.29 is 24.1 Å². The van der Waals surface area contributed by atoms with Crippen LogP contribution in [0.15, 0.2) is 72.3 Å². The van der Waals surface area contributed by atoms with E-state index >= 15 is 0 Å². The van der Waals surface area contributed by atoms with Crippen molar-refractivity contribution in [2.45, 2.75) is 39.7 Å². The van der Waals surface area contributed by atoms with Gasteiger partial charge in [-0.25, -0.2) is 4.79 Å². The number of nitrogens with zero attached hydrogens (tertiary/aromatic N) is 1. The minimum absolute atomic E-state index is 0.409. The van der Waals surface area contributed by atoms with Gasteiger partial charge in [0.1, 0.15) is 11.5 Å². The average Bonchev–Trinajstić information content (AvgIpc) is 3.47. The van der Waals surface area contributed by atoms with Crippen molar-refractivity contribution in [1.29, 1.82) is 0 Å². The van der Waals surface area contributed by atoms with Gasteiger partial charge in [0.2, 0.25) is 0 Å². The van der Waals surface area contributed by atoms with Gasteiger partial charge in [-0.2, -0.15) is 0 Å². The number of ether oxygens (including phenoxy) is 3. The fourth-order valence-corrected chi connectivity index (χ4v) is 4.73. The molecule has 6 nitrogen and oxygen atoms in total. The third-order valence-electron chi connectivity index (χ3n) is 6.58. The van der Waals surface area contributed by atoms with E-state index in [4.69, 9.17) is 14.2 Å². The number of carbonyl (C=O) groups is 1. The fraction of sp³-hybridized carbons (Fsp3) is 0.344. The maximum atomic E-state index is 11.9. The summed E-state index contributed by atoms with van der Waals surface area (Å²) in [6.07, 6.45) is 4.82. The SMILES string of the molecule is C1CCOC1.CCOc1ccccc1CN1CCC(C(=O)O)=Cc2cc(-c3ccccc3OCC)ccc21. The summed E-state index contributed by atoms with van der Waals surface area (Å²) in [7, 11) is 0. The van der Waals surface area contributed by atoms with Crippen LogP contribution in [-0.4, -0.2) is 44.0 Å². The van der Waals surface area contributed by atoms with E-state index in [1.807, 2.05) is 56.3 Å². The third kappa shape index (κ3) is 6.95. The van der Waals surface area contributed by atoms with Crippen LogP contribution in [0.1, 0.15) is 44.2 Å². The van der Waals surface area contributed by atoms with Gasteiger partial charge in [-0.1, -0.05) is 42.5 Å². The van der Waals surface area contributed by atoms with Crippen LogP contribution in [0.5, 0.6) is 11.5 Å². The molecule has 0 radical (unpaired) electrons. The van der Waals surface area contributed by atoms with E-state index in [9.17, 15) is 9.90 Å². The van der Waals surface area contributed by atoms with Gasteiger partial charge in [0.05, 0.1) is 13.2 Å². The summed E-state index contributed by atoms with van der Waals surface area (Å²) in [5.74, 6) is 0.801. The Labute approximate surface area is 225 Å². The molecule has 5 rings (SSSR count). The van der Waals surface area contributed by atoms with Gasteiger partial charge in [0.25, 0.3) is 0 Å². The molecule has 0 saturated carbocycles. The normalized spacial score (nSPS) is 14.5. The summed E-state index contributed by atoms with van der Waals surface area (Å²) in [4.78, 5) is 14.1. The molecule has 0 spiro atoms. The number of anilines is 1. The third-order valence-corrected chi connectivity index (χ3v) is 6.58. The van der Waals surface area contributed by atoms with E-state index in [0.29, 0.717) is 38.3 Å². The summed E-state index contributed by atoms with van der Waals surface area (Å²) in [6.45, 7) is 8.37. The number of hydrogen-bond donors (Lipinski definition) is 1. The molecule has 200 valence electrons. The van der Waals surface area contributed by atoms with Crippen LogP contribution in [0.4, 0.5) is 5.69 Å². The number of para-hydroxylation sites is 2. The van der Waals surface area contributed by atoms with Gasteiger partial charge >= 0.3 is 5.97 Å². The van der Waals surface area contributed by atoms with E-state index < -0.39 is 5.97 Å². The van der Waals surface area contributed by atoms with Crippen LogP contribution in [0, 0.1) is 0 Å². The van der Waals surface area contributed by atoms with Crippen LogP contribution < -0.4 is 14.4 Å².